The van der Waals surface area contributed by atoms with Crippen molar-refractivity contribution < 1.29 is 17.9 Å². The first-order chi connectivity index (χ1) is 7.99. The topological polar surface area (TPSA) is 21.3 Å². The van der Waals surface area contributed by atoms with Gasteiger partial charge in [-0.1, -0.05) is 25.1 Å². The van der Waals surface area contributed by atoms with Gasteiger partial charge in [0.15, 0.2) is 0 Å². The summed E-state index contributed by atoms with van der Waals surface area (Å²) < 4.78 is 40.8. The first kappa shape index (κ1) is 17.1. The standard InChI is InChI=1S/C11H22F3NOS/c1-3-4-10(9-15-6-7-16-2)5-8-17-11(12,13)14/h10,15H,3-9H2,1-2H3. The molecule has 104 valence electrons. The quantitative estimate of drug-likeness (QED) is 0.617. The Kier molecular flexibility index (Phi) is 10.1. The van der Waals surface area contributed by atoms with Gasteiger partial charge in [0.1, 0.15) is 0 Å². The molecule has 6 heteroatoms. The van der Waals surface area contributed by atoms with Gasteiger partial charge in [-0.3, -0.25) is 0 Å². The Morgan fingerprint density at radius 1 is 1.29 bits per heavy atom. The molecular weight excluding hydrogens is 251 g/mol. The Morgan fingerprint density at radius 2 is 2.00 bits per heavy atom. The van der Waals surface area contributed by atoms with E-state index in [0.29, 0.717) is 18.9 Å². The highest BCUT2D eigenvalue weighted by molar-refractivity contribution is 8.00. The smallest absolute Gasteiger partial charge is 0.383 e. The Bertz CT molecular complexity index is 179. The van der Waals surface area contributed by atoms with E-state index < -0.39 is 5.51 Å². The van der Waals surface area contributed by atoms with Gasteiger partial charge in [0.05, 0.1) is 6.61 Å². The van der Waals surface area contributed by atoms with Crippen molar-refractivity contribution in [1.82, 2.24) is 5.32 Å². The fraction of sp³-hybridized carbons (Fsp3) is 1.00. The number of halogens is 3. The molecule has 1 atom stereocenters. The summed E-state index contributed by atoms with van der Waals surface area (Å²) in [4.78, 5) is 0. The van der Waals surface area contributed by atoms with Gasteiger partial charge in [0.2, 0.25) is 0 Å². The maximum absolute atomic E-state index is 12.0. The molecular formula is C11H22F3NOS. The van der Waals surface area contributed by atoms with Crippen LogP contribution in [0.1, 0.15) is 26.2 Å². The van der Waals surface area contributed by atoms with Crippen LogP contribution in [-0.4, -0.2) is 38.1 Å². The van der Waals surface area contributed by atoms with E-state index in [1.807, 2.05) is 0 Å². The zero-order valence-corrected chi connectivity index (χ0v) is 11.3. The van der Waals surface area contributed by atoms with Gasteiger partial charge in [0, 0.05) is 19.4 Å². The molecule has 0 bridgehead atoms. The number of ether oxygens (including phenoxy) is 1. The summed E-state index contributed by atoms with van der Waals surface area (Å²) in [5.74, 6) is 0.479. The summed E-state index contributed by atoms with van der Waals surface area (Å²) >= 11 is 0.0790. The molecule has 0 radical (unpaired) electrons. The normalized spacial score (nSPS) is 13.9. The minimum atomic E-state index is -4.10. The molecule has 0 heterocycles. The van der Waals surface area contributed by atoms with Crippen LogP contribution in [-0.2, 0) is 4.74 Å². The molecule has 0 aromatic rings. The van der Waals surface area contributed by atoms with Crippen molar-refractivity contribution in [2.75, 3.05) is 32.6 Å². The maximum atomic E-state index is 12.0. The lowest BCUT2D eigenvalue weighted by molar-refractivity contribution is -0.0328. The molecule has 0 aliphatic rings. The SMILES string of the molecule is CCCC(CCSC(F)(F)F)CNCCOC. The molecule has 1 N–H and O–H groups in total. The van der Waals surface area contributed by atoms with Gasteiger partial charge in [-0.05, 0) is 25.3 Å². The molecule has 0 saturated heterocycles. The van der Waals surface area contributed by atoms with Gasteiger partial charge in [0.25, 0.3) is 0 Å². The molecule has 0 saturated carbocycles. The summed E-state index contributed by atoms with van der Waals surface area (Å²) in [6.45, 7) is 4.22. The predicted octanol–water partition coefficient (Wildman–Crippen LogP) is 3.28. The largest absolute Gasteiger partial charge is 0.441 e. The van der Waals surface area contributed by atoms with Gasteiger partial charge in [-0.15, -0.1) is 0 Å². The second-order valence-corrected chi connectivity index (χ2v) is 5.09. The lowest BCUT2D eigenvalue weighted by Gasteiger charge is -2.17. The minimum Gasteiger partial charge on any atom is -0.383 e. The number of hydrogen-bond acceptors (Lipinski definition) is 3. The van der Waals surface area contributed by atoms with E-state index in [-0.39, 0.29) is 17.5 Å². The third-order valence-corrected chi connectivity index (χ3v) is 3.17. The summed E-state index contributed by atoms with van der Waals surface area (Å²) in [6, 6.07) is 0. The lowest BCUT2D eigenvalue weighted by Crippen LogP contribution is -2.26. The molecule has 0 aliphatic carbocycles. The molecule has 17 heavy (non-hydrogen) atoms. The highest BCUT2D eigenvalue weighted by Gasteiger charge is 2.27. The number of thioether (sulfide) groups is 1. The molecule has 0 aromatic carbocycles. The Labute approximate surface area is 106 Å². The first-order valence-electron chi connectivity index (χ1n) is 5.90. The van der Waals surface area contributed by atoms with Crippen molar-refractivity contribution in [2.24, 2.45) is 5.92 Å². The minimum absolute atomic E-state index is 0.0790. The molecule has 0 amide bonds. The van der Waals surface area contributed by atoms with Crippen molar-refractivity contribution in [3.05, 3.63) is 0 Å². The third-order valence-electron chi connectivity index (χ3n) is 2.40. The van der Waals surface area contributed by atoms with Crippen LogP contribution in [0.15, 0.2) is 0 Å². The van der Waals surface area contributed by atoms with Gasteiger partial charge >= 0.3 is 5.51 Å². The van der Waals surface area contributed by atoms with Crippen molar-refractivity contribution in [3.8, 4) is 0 Å². The molecule has 0 rings (SSSR count). The van der Waals surface area contributed by atoms with Crippen molar-refractivity contribution in [1.29, 1.82) is 0 Å². The summed E-state index contributed by atoms with van der Waals surface area (Å²) in [5.41, 5.74) is -4.10. The summed E-state index contributed by atoms with van der Waals surface area (Å²) in [6.07, 6.45) is 2.59. The second kappa shape index (κ2) is 10.0. The van der Waals surface area contributed by atoms with E-state index in [1.165, 1.54) is 0 Å². The second-order valence-electron chi connectivity index (χ2n) is 3.93. The van der Waals surface area contributed by atoms with Crippen LogP contribution in [0.4, 0.5) is 13.2 Å². The van der Waals surface area contributed by atoms with Gasteiger partial charge in [-0.2, -0.15) is 13.2 Å². The van der Waals surface area contributed by atoms with E-state index in [1.54, 1.807) is 7.11 Å². The van der Waals surface area contributed by atoms with Crippen LogP contribution in [0.25, 0.3) is 0 Å². The number of alkyl halides is 3. The molecule has 1 unspecified atom stereocenters. The molecule has 0 spiro atoms. The van der Waals surface area contributed by atoms with E-state index in [2.05, 4.69) is 12.2 Å². The van der Waals surface area contributed by atoms with Crippen LogP contribution in [0.3, 0.4) is 0 Å². The van der Waals surface area contributed by atoms with Crippen LogP contribution >= 0.6 is 11.8 Å². The van der Waals surface area contributed by atoms with Gasteiger partial charge < -0.3 is 10.1 Å². The van der Waals surface area contributed by atoms with E-state index in [0.717, 1.165) is 25.9 Å². The van der Waals surface area contributed by atoms with E-state index in [9.17, 15) is 13.2 Å². The highest BCUT2D eigenvalue weighted by Crippen LogP contribution is 2.31. The number of nitrogens with one attached hydrogen (secondary N) is 1. The van der Waals surface area contributed by atoms with Gasteiger partial charge in [-0.25, -0.2) is 0 Å². The summed E-state index contributed by atoms with van der Waals surface area (Å²) in [5, 5.41) is 3.20. The lowest BCUT2D eigenvalue weighted by atomic mass is 10.0. The van der Waals surface area contributed by atoms with E-state index in [4.69, 9.17) is 4.74 Å². The first-order valence-corrected chi connectivity index (χ1v) is 6.88. The van der Waals surface area contributed by atoms with Crippen molar-refractivity contribution >= 4 is 11.8 Å². The Morgan fingerprint density at radius 3 is 2.53 bits per heavy atom. The fourth-order valence-corrected chi connectivity index (χ4v) is 2.26. The summed E-state index contributed by atoms with van der Waals surface area (Å²) in [7, 11) is 1.63. The van der Waals surface area contributed by atoms with Crippen molar-refractivity contribution in [3.63, 3.8) is 0 Å². The average molecular weight is 273 g/mol. The monoisotopic (exact) mass is 273 g/mol. The predicted molar refractivity (Wildman–Crippen MR) is 66.3 cm³/mol. The average Bonchev–Trinajstić information content (AvgIpc) is 2.22. The highest BCUT2D eigenvalue weighted by atomic mass is 32.2. The van der Waals surface area contributed by atoms with Crippen LogP contribution in [0.2, 0.25) is 0 Å². The van der Waals surface area contributed by atoms with Crippen LogP contribution < -0.4 is 5.32 Å². The molecule has 0 aliphatic heterocycles. The maximum Gasteiger partial charge on any atom is 0.441 e. The third kappa shape index (κ3) is 12.3. The zero-order valence-electron chi connectivity index (χ0n) is 10.5. The van der Waals surface area contributed by atoms with E-state index >= 15 is 0 Å². The Balaban J connectivity index is 3.66. The molecule has 2 nitrogen and oxygen atoms in total. The number of methoxy groups -OCH3 is 1. The van der Waals surface area contributed by atoms with Crippen molar-refractivity contribution in [2.45, 2.75) is 31.7 Å². The number of rotatable bonds is 10. The number of hydrogen-bond donors (Lipinski definition) is 1. The molecule has 0 fully saturated rings. The van der Waals surface area contributed by atoms with Crippen LogP contribution in [0.5, 0.6) is 0 Å². The molecule has 0 aromatic heterocycles. The zero-order chi connectivity index (χ0) is 13.1. The Hall–Kier alpha value is 0.0600. The fourth-order valence-electron chi connectivity index (χ4n) is 1.58. The van der Waals surface area contributed by atoms with Crippen LogP contribution in [0, 0.1) is 5.92 Å².